The van der Waals surface area contributed by atoms with E-state index < -0.39 is 23.1 Å². The molecule has 0 radical (unpaired) electrons. The fourth-order valence-corrected chi connectivity index (χ4v) is 4.59. The minimum absolute atomic E-state index is 0.354. The van der Waals surface area contributed by atoms with Gasteiger partial charge in [0, 0.05) is 25.4 Å². The van der Waals surface area contributed by atoms with Crippen LogP contribution < -0.4 is 21.8 Å². The summed E-state index contributed by atoms with van der Waals surface area (Å²) in [6.45, 7) is 3.43. The van der Waals surface area contributed by atoms with Gasteiger partial charge in [0.05, 0.1) is 18.3 Å². The smallest absolute Gasteiger partial charge is 0.341 e. The Morgan fingerprint density at radius 1 is 1.03 bits per heavy atom. The summed E-state index contributed by atoms with van der Waals surface area (Å²) >= 11 is 0. The molecular weight excluding hydrogens is 470 g/mol. The summed E-state index contributed by atoms with van der Waals surface area (Å²) < 4.78 is 8.27. The summed E-state index contributed by atoms with van der Waals surface area (Å²) in [7, 11) is 2.01. The predicted octanol–water partition coefficient (Wildman–Crippen LogP) is 3.49. The number of benzene rings is 2. The van der Waals surface area contributed by atoms with E-state index >= 15 is 0 Å². The zero-order valence-corrected chi connectivity index (χ0v) is 20.8. The van der Waals surface area contributed by atoms with E-state index in [4.69, 9.17) is 4.74 Å². The number of para-hydroxylation sites is 1. The number of rotatable bonds is 7. The van der Waals surface area contributed by atoms with Crippen molar-refractivity contribution in [2.75, 3.05) is 13.6 Å². The summed E-state index contributed by atoms with van der Waals surface area (Å²) in [6, 6.07) is 14.1. The summed E-state index contributed by atoms with van der Waals surface area (Å²) in [6.07, 6.45) is 10.8. The van der Waals surface area contributed by atoms with Crippen LogP contribution in [-0.4, -0.2) is 37.7 Å². The van der Waals surface area contributed by atoms with Gasteiger partial charge in [-0.2, -0.15) is 0 Å². The third kappa shape index (κ3) is 4.99. The average molecular weight is 500 g/mol. The Morgan fingerprint density at radius 3 is 2.54 bits per heavy atom. The van der Waals surface area contributed by atoms with Gasteiger partial charge in [0.1, 0.15) is 11.5 Å². The van der Waals surface area contributed by atoms with Crippen LogP contribution in [0.4, 0.5) is 0 Å². The third-order valence-electron chi connectivity index (χ3n) is 6.58. The number of nitrogens with one attached hydrogen (secondary N) is 1. The predicted molar refractivity (Wildman–Crippen MR) is 142 cm³/mol. The molecule has 0 saturated heterocycles. The highest BCUT2D eigenvalue weighted by atomic mass is 16.5. The van der Waals surface area contributed by atoms with Gasteiger partial charge >= 0.3 is 17.1 Å². The average Bonchev–Trinajstić information content (AvgIpc) is 3.25. The van der Waals surface area contributed by atoms with E-state index in [-0.39, 0.29) is 0 Å². The second kappa shape index (κ2) is 10.3. The first-order valence-electron chi connectivity index (χ1n) is 12.3. The maximum absolute atomic E-state index is 13.5. The Kier molecular flexibility index (Phi) is 6.78. The lowest BCUT2D eigenvalue weighted by Crippen LogP contribution is -2.50. The molecule has 0 amide bonds. The van der Waals surface area contributed by atoms with Gasteiger partial charge in [-0.15, -0.1) is 0 Å². The second-order valence-electron chi connectivity index (χ2n) is 9.10. The van der Waals surface area contributed by atoms with Gasteiger partial charge in [0.25, 0.3) is 0 Å². The molecule has 2 aromatic carbocycles. The summed E-state index contributed by atoms with van der Waals surface area (Å²) in [5, 5.41) is 4.20. The number of hydrogen-bond donors (Lipinski definition) is 1. The highest BCUT2D eigenvalue weighted by Crippen LogP contribution is 2.30. The van der Waals surface area contributed by atoms with E-state index in [2.05, 4.69) is 28.1 Å². The van der Waals surface area contributed by atoms with Gasteiger partial charge in [-0.1, -0.05) is 49.4 Å². The van der Waals surface area contributed by atoms with Crippen molar-refractivity contribution in [3.63, 3.8) is 0 Å². The molecule has 2 heterocycles. The zero-order valence-electron chi connectivity index (χ0n) is 20.8. The number of hydrogen-bond acceptors (Lipinski definition) is 6. The molecule has 9 nitrogen and oxygen atoms in total. The number of ether oxygens (including phenoxy) is 1. The molecule has 37 heavy (non-hydrogen) atoms. The van der Waals surface area contributed by atoms with Crippen molar-refractivity contribution in [1.29, 1.82) is 0 Å². The molecule has 1 N–H and O–H groups in total. The highest BCUT2D eigenvalue weighted by molar-refractivity contribution is 5.46. The Bertz CT molecular complexity index is 1560. The fourth-order valence-electron chi connectivity index (χ4n) is 4.59. The maximum Gasteiger partial charge on any atom is 0.341 e. The van der Waals surface area contributed by atoms with Crippen molar-refractivity contribution in [2.45, 2.75) is 32.4 Å². The van der Waals surface area contributed by atoms with E-state index in [9.17, 15) is 14.4 Å². The normalized spacial score (nSPS) is 17.3. The van der Waals surface area contributed by atoms with E-state index in [1.54, 1.807) is 30.4 Å². The highest BCUT2D eigenvalue weighted by Gasteiger charge is 2.22. The van der Waals surface area contributed by atoms with Crippen molar-refractivity contribution >= 4 is 0 Å². The molecule has 9 heteroatoms. The summed E-state index contributed by atoms with van der Waals surface area (Å²) in [5.74, 6) is 1.29. The van der Waals surface area contributed by atoms with Crippen LogP contribution in [0.15, 0.2) is 99.0 Å². The molecule has 1 aliphatic carbocycles. The number of allylic oxidation sites excluding steroid dienone is 4. The van der Waals surface area contributed by atoms with Gasteiger partial charge in [0.2, 0.25) is 0 Å². The lowest BCUT2D eigenvalue weighted by molar-refractivity contribution is 0.0744. The zero-order chi connectivity index (χ0) is 25.9. The Labute approximate surface area is 213 Å². The van der Waals surface area contributed by atoms with Crippen molar-refractivity contribution in [3.8, 4) is 17.2 Å². The molecule has 1 aliphatic heterocycles. The van der Waals surface area contributed by atoms with Crippen LogP contribution in [0.2, 0.25) is 0 Å². The molecule has 0 fully saturated rings. The number of hydrazine groups is 1. The number of aromatic amines is 1. The molecule has 3 aromatic rings. The van der Waals surface area contributed by atoms with Crippen LogP contribution in [-0.2, 0) is 6.54 Å². The summed E-state index contributed by atoms with van der Waals surface area (Å²) in [5.41, 5.74) is 0.247. The lowest BCUT2D eigenvalue weighted by Gasteiger charge is -2.26. The fraction of sp³-hybridized carbons (Fsp3) is 0.250. The Balaban J connectivity index is 1.60. The number of likely N-dealkylation sites (N-methyl/N-ethyl adjacent to an activating group) is 1. The summed E-state index contributed by atoms with van der Waals surface area (Å²) in [4.78, 5) is 41.2. The van der Waals surface area contributed by atoms with Gasteiger partial charge in [-0.3, -0.25) is 4.98 Å². The second-order valence-corrected chi connectivity index (χ2v) is 9.10. The SMILES string of the molecule is CCC1=CN(Cc2cc(-n3c(=O)[nH]c(=O)n(C4C=CC=CC4)c3=O)ccc2Oc2ccccc2)N(C)C1. The van der Waals surface area contributed by atoms with Crippen LogP contribution in [0, 0.1) is 0 Å². The van der Waals surface area contributed by atoms with E-state index in [0.717, 1.165) is 27.7 Å². The van der Waals surface area contributed by atoms with Crippen LogP contribution in [0.1, 0.15) is 31.4 Å². The van der Waals surface area contributed by atoms with Crippen LogP contribution in [0.25, 0.3) is 5.69 Å². The molecule has 1 unspecified atom stereocenters. The van der Waals surface area contributed by atoms with Gasteiger partial charge in [-0.25, -0.2) is 28.5 Å². The van der Waals surface area contributed by atoms with Gasteiger partial charge in [-0.05, 0) is 48.7 Å². The van der Waals surface area contributed by atoms with E-state index in [1.165, 1.54) is 5.57 Å². The monoisotopic (exact) mass is 499 g/mol. The third-order valence-corrected chi connectivity index (χ3v) is 6.58. The standard InChI is InChI=1S/C28H29N5O4/c1-3-20-17-30(2)31(18-20)19-21-16-23(14-15-25(21)37-24-12-8-5-9-13-24)33-27(35)29-26(34)32(28(33)36)22-10-6-4-7-11-22/h4-10,12-16,18,22H,3,11,17,19H2,1-2H3,(H,29,34,35). The molecule has 0 saturated carbocycles. The number of nitrogens with zero attached hydrogens (tertiary/aromatic N) is 4. The molecular formula is C28H29N5O4. The minimum Gasteiger partial charge on any atom is -0.457 e. The molecule has 0 bridgehead atoms. The first-order valence-corrected chi connectivity index (χ1v) is 12.3. The van der Waals surface area contributed by atoms with Crippen molar-refractivity contribution < 1.29 is 4.74 Å². The Morgan fingerprint density at radius 2 is 1.84 bits per heavy atom. The maximum atomic E-state index is 13.5. The van der Waals surface area contributed by atoms with Crippen LogP contribution >= 0.6 is 0 Å². The molecule has 2 aliphatic rings. The number of aromatic nitrogens is 3. The largest absolute Gasteiger partial charge is 0.457 e. The lowest BCUT2D eigenvalue weighted by atomic mass is 10.1. The Hall–Kier alpha value is -4.37. The van der Waals surface area contributed by atoms with E-state index in [1.807, 2.05) is 49.5 Å². The van der Waals surface area contributed by atoms with Gasteiger partial charge in [0.15, 0.2) is 0 Å². The van der Waals surface area contributed by atoms with Crippen molar-refractivity contribution in [2.24, 2.45) is 0 Å². The molecule has 1 atom stereocenters. The molecule has 5 rings (SSSR count). The molecule has 190 valence electrons. The van der Waals surface area contributed by atoms with E-state index in [0.29, 0.717) is 30.2 Å². The molecule has 0 spiro atoms. The van der Waals surface area contributed by atoms with Crippen molar-refractivity contribution in [3.05, 3.63) is 122 Å². The van der Waals surface area contributed by atoms with Crippen molar-refractivity contribution in [1.82, 2.24) is 24.1 Å². The quantitative estimate of drug-likeness (QED) is 0.535. The first-order chi connectivity index (χ1) is 17.9. The topological polar surface area (TPSA) is 92.6 Å². The number of H-pyrrole nitrogens is 1. The van der Waals surface area contributed by atoms with Crippen LogP contribution in [0.3, 0.4) is 0 Å². The first kappa shape index (κ1) is 24.3. The van der Waals surface area contributed by atoms with Gasteiger partial charge < -0.3 is 9.75 Å². The van der Waals surface area contributed by atoms with Crippen LogP contribution in [0.5, 0.6) is 11.5 Å². The minimum atomic E-state index is -0.782. The molecule has 1 aromatic heterocycles.